The molecule has 0 saturated carbocycles. The third kappa shape index (κ3) is 4.81. The molecular formula is C31H26N2. The molecule has 0 unspecified atom stereocenters. The van der Waals surface area contributed by atoms with E-state index in [-0.39, 0.29) is 0 Å². The third-order valence-electron chi connectivity index (χ3n) is 5.71. The maximum atomic E-state index is 3.44. The minimum Gasteiger partial charge on any atom is -0.356 e. The van der Waals surface area contributed by atoms with Gasteiger partial charge in [-0.3, -0.25) is 0 Å². The number of anilines is 5. The SMILES string of the molecule is Cc1ccc(N(c2ccccc2)c2ccc(-c3ccc(Nc4ccccc4)cc3)cc2)cc1. The maximum Gasteiger partial charge on any atom is 0.0462 e. The van der Waals surface area contributed by atoms with Crippen molar-refractivity contribution in [1.29, 1.82) is 0 Å². The molecule has 1 N–H and O–H groups in total. The van der Waals surface area contributed by atoms with Gasteiger partial charge in [0.15, 0.2) is 0 Å². The Balaban J connectivity index is 1.41. The van der Waals surface area contributed by atoms with Crippen LogP contribution in [0.2, 0.25) is 0 Å². The minimum atomic E-state index is 1.08. The van der Waals surface area contributed by atoms with E-state index >= 15 is 0 Å². The zero-order chi connectivity index (χ0) is 22.5. The Morgan fingerprint density at radius 1 is 0.424 bits per heavy atom. The fourth-order valence-electron chi connectivity index (χ4n) is 3.96. The van der Waals surface area contributed by atoms with E-state index in [9.17, 15) is 0 Å². The molecule has 5 aromatic rings. The molecule has 0 spiro atoms. The van der Waals surface area contributed by atoms with Gasteiger partial charge >= 0.3 is 0 Å². The van der Waals surface area contributed by atoms with Crippen molar-refractivity contribution in [2.75, 3.05) is 10.2 Å². The Morgan fingerprint density at radius 2 is 0.848 bits per heavy atom. The van der Waals surface area contributed by atoms with Crippen LogP contribution in [-0.2, 0) is 0 Å². The van der Waals surface area contributed by atoms with E-state index in [4.69, 9.17) is 0 Å². The van der Waals surface area contributed by atoms with E-state index in [1.54, 1.807) is 0 Å². The lowest BCUT2D eigenvalue weighted by molar-refractivity contribution is 1.27. The highest BCUT2D eigenvalue weighted by Crippen LogP contribution is 2.35. The van der Waals surface area contributed by atoms with Crippen molar-refractivity contribution in [3.8, 4) is 11.1 Å². The molecule has 5 aromatic carbocycles. The molecule has 0 aliphatic carbocycles. The van der Waals surface area contributed by atoms with Crippen LogP contribution in [0, 0.1) is 6.92 Å². The van der Waals surface area contributed by atoms with Gasteiger partial charge < -0.3 is 10.2 Å². The van der Waals surface area contributed by atoms with Crippen LogP contribution >= 0.6 is 0 Å². The first-order chi connectivity index (χ1) is 16.3. The molecule has 160 valence electrons. The second-order valence-corrected chi connectivity index (χ2v) is 8.12. The van der Waals surface area contributed by atoms with E-state index in [0.29, 0.717) is 0 Å². The molecule has 0 fully saturated rings. The van der Waals surface area contributed by atoms with Gasteiger partial charge in [0, 0.05) is 28.4 Å². The summed E-state index contributed by atoms with van der Waals surface area (Å²) in [5.41, 5.74) is 9.25. The second-order valence-electron chi connectivity index (χ2n) is 8.12. The van der Waals surface area contributed by atoms with Gasteiger partial charge in [-0.05, 0) is 78.7 Å². The summed E-state index contributed by atoms with van der Waals surface area (Å²) in [6.07, 6.45) is 0. The largest absolute Gasteiger partial charge is 0.356 e. The first kappa shape index (κ1) is 20.6. The summed E-state index contributed by atoms with van der Waals surface area (Å²) in [4.78, 5) is 2.29. The normalized spacial score (nSPS) is 10.6. The predicted molar refractivity (Wildman–Crippen MR) is 141 cm³/mol. The van der Waals surface area contributed by atoms with Crippen molar-refractivity contribution >= 4 is 28.4 Å². The summed E-state index contributed by atoms with van der Waals surface area (Å²) in [7, 11) is 0. The highest BCUT2D eigenvalue weighted by molar-refractivity contribution is 5.78. The van der Waals surface area contributed by atoms with Gasteiger partial charge in [-0.15, -0.1) is 0 Å². The van der Waals surface area contributed by atoms with E-state index in [0.717, 1.165) is 28.4 Å². The molecule has 0 saturated heterocycles. The summed E-state index contributed by atoms with van der Waals surface area (Å²) in [5.74, 6) is 0. The molecule has 0 aliphatic heterocycles. The number of aryl methyl sites for hydroxylation is 1. The van der Waals surface area contributed by atoms with Gasteiger partial charge in [-0.25, -0.2) is 0 Å². The third-order valence-corrected chi connectivity index (χ3v) is 5.71. The molecule has 2 nitrogen and oxygen atoms in total. The Morgan fingerprint density at radius 3 is 1.42 bits per heavy atom. The number of benzene rings is 5. The zero-order valence-electron chi connectivity index (χ0n) is 18.6. The summed E-state index contributed by atoms with van der Waals surface area (Å²) < 4.78 is 0. The zero-order valence-corrected chi connectivity index (χ0v) is 18.6. The number of rotatable bonds is 6. The summed E-state index contributed by atoms with van der Waals surface area (Å²) in [6.45, 7) is 2.12. The maximum absolute atomic E-state index is 3.44. The number of nitrogens with one attached hydrogen (secondary N) is 1. The van der Waals surface area contributed by atoms with Crippen LogP contribution in [0.25, 0.3) is 11.1 Å². The molecule has 5 rings (SSSR count). The molecular weight excluding hydrogens is 400 g/mol. The van der Waals surface area contributed by atoms with Gasteiger partial charge in [-0.1, -0.05) is 78.4 Å². The van der Waals surface area contributed by atoms with Crippen molar-refractivity contribution in [2.45, 2.75) is 6.92 Å². The van der Waals surface area contributed by atoms with Crippen molar-refractivity contribution in [1.82, 2.24) is 0 Å². The Kier molecular flexibility index (Phi) is 5.90. The average Bonchev–Trinajstić information content (AvgIpc) is 2.88. The molecule has 0 aliphatic rings. The van der Waals surface area contributed by atoms with Gasteiger partial charge in [0.05, 0.1) is 0 Å². The lowest BCUT2D eigenvalue weighted by Gasteiger charge is -2.25. The lowest BCUT2D eigenvalue weighted by Crippen LogP contribution is -2.09. The van der Waals surface area contributed by atoms with Crippen molar-refractivity contribution in [2.24, 2.45) is 0 Å². The topological polar surface area (TPSA) is 15.3 Å². The van der Waals surface area contributed by atoms with Crippen LogP contribution in [0.1, 0.15) is 5.56 Å². The van der Waals surface area contributed by atoms with E-state index in [1.807, 2.05) is 18.2 Å². The van der Waals surface area contributed by atoms with Gasteiger partial charge in [0.2, 0.25) is 0 Å². The van der Waals surface area contributed by atoms with E-state index in [2.05, 4.69) is 132 Å². The first-order valence-electron chi connectivity index (χ1n) is 11.2. The van der Waals surface area contributed by atoms with Gasteiger partial charge in [-0.2, -0.15) is 0 Å². The standard InChI is InChI=1S/C31H26N2/c1-24-12-20-30(21-13-24)33(29-10-6-3-7-11-29)31-22-16-26(17-23-31)25-14-18-28(19-15-25)32-27-8-4-2-5-9-27/h2-23,32H,1H3. The molecule has 33 heavy (non-hydrogen) atoms. The molecule has 0 aromatic heterocycles. The van der Waals surface area contributed by atoms with Crippen LogP contribution in [0.15, 0.2) is 133 Å². The van der Waals surface area contributed by atoms with Crippen molar-refractivity contribution in [3.05, 3.63) is 139 Å². The molecule has 0 bridgehead atoms. The Bertz CT molecular complexity index is 1290. The summed E-state index contributed by atoms with van der Waals surface area (Å²) >= 11 is 0. The molecule has 0 heterocycles. The van der Waals surface area contributed by atoms with Crippen molar-refractivity contribution < 1.29 is 0 Å². The van der Waals surface area contributed by atoms with Gasteiger partial charge in [0.25, 0.3) is 0 Å². The highest BCUT2D eigenvalue weighted by Gasteiger charge is 2.12. The van der Waals surface area contributed by atoms with Gasteiger partial charge in [0.1, 0.15) is 0 Å². The fourth-order valence-corrected chi connectivity index (χ4v) is 3.96. The number of hydrogen-bond donors (Lipinski definition) is 1. The molecule has 0 amide bonds. The molecule has 2 heteroatoms. The smallest absolute Gasteiger partial charge is 0.0462 e. The predicted octanol–water partition coefficient (Wildman–Crippen LogP) is 8.88. The van der Waals surface area contributed by atoms with E-state index in [1.165, 1.54) is 16.7 Å². The van der Waals surface area contributed by atoms with Crippen LogP contribution in [-0.4, -0.2) is 0 Å². The summed E-state index contributed by atoms with van der Waals surface area (Å²) in [6, 6.07) is 46.7. The average molecular weight is 427 g/mol. The first-order valence-corrected chi connectivity index (χ1v) is 11.2. The second kappa shape index (κ2) is 9.46. The van der Waals surface area contributed by atoms with Crippen molar-refractivity contribution in [3.63, 3.8) is 0 Å². The highest BCUT2D eigenvalue weighted by atomic mass is 15.1. The Labute approximate surface area is 195 Å². The number of para-hydroxylation sites is 2. The lowest BCUT2D eigenvalue weighted by atomic mass is 10.0. The molecule has 0 atom stereocenters. The summed E-state index contributed by atoms with van der Waals surface area (Å²) in [5, 5.41) is 3.44. The quantitative estimate of drug-likeness (QED) is 0.292. The minimum absolute atomic E-state index is 1.08. The number of nitrogens with zero attached hydrogens (tertiary/aromatic N) is 1. The van der Waals surface area contributed by atoms with Crippen LogP contribution in [0.3, 0.4) is 0 Å². The van der Waals surface area contributed by atoms with Crippen LogP contribution in [0.5, 0.6) is 0 Å². The van der Waals surface area contributed by atoms with Crippen LogP contribution in [0.4, 0.5) is 28.4 Å². The molecule has 0 radical (unpaired) electrons. The monoisotopic (exact) mass is 426 g/mol. The fraction of sp³-hybridized carbons (Fsp3) is 0.0323. The van der Waals surface area contributed by atoms with E-state index < -0.39 is 0 Å². The Hall–Kier alpha value is -4.30. The van der Waals surface area contributed by atoms with Crippen LogP contribution < -0.4 is 10.2 Å². The number of hydrogen-bond acceptors (Lipinski definition) is 2.